The smallest absolute Gasteiger partial charge is 0.152 e. The Bertz CT molecular complexity index is 536. The second kappa shape index (κ2) is 4.02. The first-order valence-electron chi connectivity index (χ1n) is 6.21. The number of sulfone groups is 1. The van der Waals surface area contributed by atoms with Gasteiger partial charge in [0.05, 0.1) is 11.5 Å². The normalized spacial score (nSPS) is 25.8. The molecule has 0 bridgehead atoms. The van der Waals surface area contributed by atoms with E-state index >= 15 is 0 Å². The number of hydrogen-bond acceptors (Lipinski definition) is 3. The minimum Gasteiger partial charge on any atom is -0.381 e. The van der Waals surface area contributed by atoms with Crippen molar-refractivity contribution in [3.8, 4) is 0 Å². The summed E-state index contributed by atoms with van der Waals surface area (Å²) >= 11 is 0. The second-order valence-electron chi connectivity index (χ2n) is 5.08. The Morgan fingerprint density at radius 2 is 2.00 bits per heavy atom. The number of rotatable bonds is 2. The molecule has 1 aliphatic carbocycles. The van der Waals surface area contributed by atoms with E-state index in [1.165, 1.54) is 24.0 Å². The molecule has 0 saturated carbocycles. The number of fused-ring (bicyclic) bond motifs is 1. The zero-order chi connectivity index (χ0) is 11.9. The topological polar surface area (TPSA) is 46.2 Å². The van der Waals surface area contributed by atoms with Gasteiger partial charge in [-0.3, -0.25) is 0 Å². The maximum atomic E-state index is 11.4. The van der Waals surface area contributed by atoms with E-state index in [-0.39, 0.29) is 11.8 Å². The van der Waals surface area contributed by atoms with Crippen LogP contribution in [0.1, 0.15) is 24.0 Å². The van der Waals surface area contributed by atoms with Gasteiger partial charge in [0.1, 0.15) is 0 Å². The van der Waals surface area contributed by atoms with Crippen molar-refractivity contribution < 1.29 is 8.42 Å². The van der Waals surface area contributed by atoms with E-state index in [4.69, 9.17) is 0 Å². The Kier molecular flexibility index (Phi) is 2.62. The van der Waals surface area contributed by atoms with Crippen molar-refractivity contribution in [3.05, 3.63) is 29.3 Å². The molecule has 1 heterocycles. The van der Waals surface area contributed by atoms with Gasteiger partial charge < -0.3 is 5.32 Å². The Balaban J connectivity index is 1.74. The number of nitrogens with one attached hydrogen (secondary N) is 1. The summed E-state index contributed by atoms with van der Waals surface area (Å²) in [5.74, 6) is 0.611. The molecule has 17 heavy (non-hydrogen) atoms. The highest BCUT2D eigenvalue weighted by Crippen LogP contribution is 2.26. The van der Waals surface area contributed by atoms with Crippen LogP contribution in [-0.2, 0) is 22.7 Å². The van der Waals surface area contributed by atoms with Crippen LogP contribution in [-0.4, -0.2) is 26.0 Å². The molecule has 0 spiro atoms. The minimum atomic E-state index is -2.79. The third-order valence-electron chi connectivity index (χ3n) is 3.70. The van der Waals surface area contributed by atoms with E-state index < -0.39 is 9.84 Å². The van der Waals surface area contributed by atoms with Crippen molar-refractivity contribution in [3.63, 3.8) is 0 Å². The fourth-order valence-electron chi connectivity index (χ4n) is 2.81. The summed E-state index contributed by atoms with van der Waals surface area (Å²) in [5, 5.41) is 3.35. The zero-order valence-electron chi connectivity index (χ0n) is 9.78. The van der Waals surface area contributed by atoms with Crippen molar-refractivity contribution in [2.24, 2.45) is 0 Å². The molecule has 1 aliphatic heterocycles. The van der Waals surface area contributed by atoms with Crippen LogP contribution in [0.15, 0.2) is 18.2 Å². The van der Waals surface area contributed by atoms with E-state index in [1.54, 1.807) is 0 Å². The standard InChI is InChI=1S/C13H17NO2S/c15-17(16)7-6-13(9-17)14-12-5-4-10-2-1-3-11(10)8-12/h4-5,8,13-14H,1-3,6-7,9H2. The summed E-state index contributed by atoms with van der Waals surface area (Å²) in [6, 6.07) is 6.54. The number of benzene rings is 1. The largest absolute Gasteiger partial charge is 0.381 e. The van der Waals surface area contributed by atoms with E-state index in [9.17, 15) is 8.42 Å². The SMILES string of the molecule is O=S1(=O)CCC(Nc2ccc3c(c2)CCC3)C1. The first-order chi connectivity index (χ1) is 8.12. The lowest BCUT2D eigenvalue weighted by atomic mass is 10.1. The zero-order valence-corrected chi connectivity index (χ0v) is 10.6. The molecule has 2 aliphatic rings. The molecule has 1 saturated heterocycles. The summed E-state index contributed by atoms with van der Waals surface area (Å²) < 4.78 is 22.8. The van der Waals surface area contributed by atoms with Crippen LogP contribution < -0.4 is 5.32 Å². The average molecular weight is 251 g/mol. The van der Waals surface area contributed by atoms with Crippen LogP contribution in [0.25, 0.3) is 0 Å². The molecular weight excluding hydrogens is 234 g/mol. The monoisotopic (exact) mass is 251 g/mol. The van der Waals surface area contributed by atoms with Gasteiger partial charge in [-0.2, -0.15) is 0 Å². The number of hydrogen-bond donors (Lipinski definition) is 1. The Morgan fingerprint density at radius 3 is 2.76 bits per heavy atom. The van der Waals surface area contributed by atoms with Crippen molar-refractivity contribution in [1.29, 1.82) is 0 Å². The number of aryl methyl sites for hydroxylation is 2. The van der Waals surface area contributed by atoms with Crippen molar-refractivity contribution in [2.45, 2.75) is 31.7 Å². The molecule has 1 unspecified atom stereocenters. The molecule has 1 atom stereocenters. The predicted molar refractivity (Wildman–Crippen MR) is 69.1 cm³/mol. The van der Waals surface area contributed by atoms with Gasteiger partial charge in [0.15, 0.2) is 9.84 Å². The van der Waals surface area contributed by atoms with Gasteiger partial charge in [0, 0.05) is 11.7 Å². The second-order valence-corrected chi connectivity index (χ2v) is 7.31. The van der Waals surface area contributed by atoms with E-state index in [2.05, 4.69) is 23.5 Å². The lowest BCUT2D eigenvalue weighted by Crippen LogP contribution is -2.20. The highest BCUT2D eigenvalue weighted by molar-refractivity contribution is 7.91. The Morgan fingerprint density at radius 1 is 1.18 bits per heavy atom. The van der Waals surface area contributed by atoms with Crippen LogP contribution in [0.3, 0.4) is 0 Å². The van der Waals surface area contributed by atoms with Gasteiger partial charge in [0.25, 0.3) is 0 Å². The van der Waals surface area contributed by atoms with Crippen molar-refractivity contribution >= 4 is 15.5 Å². The van der Waals surface area contributed by atoms with Gasteiger partial charge in [-0.25, -0.2) is 8.42 Å². The van der Waals surface area contributed by atoms with Crippen LogP contribution in [0, 0.1) is 0 Å². The lowest BCUT2D eigenvalue weighted by Gasteiger charge is -2.13. The van der Waals surface area contributed by atoms with Gasteiger partial charge in [-0.1, -0.05) is 6.07 Å². The van der Waals surface area contributed by atoms with Crippen molar-refractivity contribution in [2.75, 3.05) is 16.8 Å². The molecule has 3 rings (SSSR count). The maximum absolute atomic E-state index is 11.4. The third kappa shape index (κ3) is 2.32. The summed E-state index contributed by atoms with van der Waals surface area (Å²) in [7, 11) is -2.79. The maximum Gasteiger partial charge on any atom is 0.152 e. The van der Waals surface area contributed by atoms with Gasteiger partial charge >= 0.3 is 0 Å². The molecule has 1 aromatic rings. The lowest BCUT2D eigenvalue weighted by molar-refractivity contribution is 0.602. The number of anilines is 1. The Hall–Kier alpha value is -1.03. The van der Waals surface area contributed by atoms with Crippen LogP contribution >= 0.6 is 0 Å². The highest BCUT2D eigenvalue weighted by atomic mass is 32.2. The predicted octanol–water partition coefficient (Wildman–Crippen LogP) is 1.77. The summed E-state index contributed by atoms with van der Waals surface area (Å²) in [5.41, 5.74) is 3.96. The summed E-state index contributed by atoms with van der Waals surface area (Å²) in [6.07, 6.45) is 4.33. The molecule has 3 nitrogen and oxygen atoms in total. The molecule has 0 amide bonds. The summed E-state index contributed by atoms with van der Waals surface area (Å²) in [6.45, 7) is 0. The third-order valence-corrected chi connectivity index (χ3v) is 5.47. The fourth-order valence-corrected chi connectivity index (χ4v) is 4.48. The van der Waals surface area contributed by atoms with Crippen LogP contribution in [0.2, 0.25) is 0 Å². The Labute approximate surface area is 102 Å². The van der Waals surface area contributed by atoms with Crippen LogP contribution in [0.4, 0.5) is 5.69 Å². The molecular formula is C13H17NO2S. The molecule has 1 N–H and O–H groups in total. The molecule has 4 heteroatoms. The molecule has 0 radical (unpaired) electrons. The first-order valence-corrected chi connectivity index (χ1v) is 8.03. The fraction of sp³-hybridized carbons (Fsp3) is 0.538. The van der Waals surface area contributed by atoms with Crippen molar-refractivity contribution in [1.82, 2.24) is 0 Å². The molecule has 1 fully saturated rings. The van der Waals surface area contributed by atoms with Gasteiger partial charge in [-0.15, -0.1) is 0 Å². The highest BCUT2D eigenvalue weighted by Gasteiger charge is 2.27. The van der Waals surface area contributed by atoms with Crippen LogP contribution in [0.5, 0.6) is 0 Å². The average Bonchev–Trinajstić information content (AvgIpc) is 2.84. The van der Waals surface area contributed by atoms with E-state index in [1.807, 2.05) is 0 Å². The first kappa shape index (κ1) is 11.1. The quantitative estimate of drug-likeness (QED) is 0.871. The molecule has 1 aromatic carbocycles. The van der Waals surface area contributed by atoms with Gasteiger partial charge in [-0.05, 0) is 48.9 Å². The summed E-state index contributed by atoms with van der Waals surface area (Å²) in [4.78, 5) is 0. The van der Waals surface area contributed by atoms with E-state index in [0.717, 1.165) is 18.5 Å². The molecule has 92 valence electrons. The van der Waals surface area contributed by atoms with Gasteiger partial charge in [0.2, 0.25) is 0 Å². The van der Waals surface area contributed by atoms with E-state index in [0.29, 0.717) is 5.75 Å². The molecule has 0 aromatic heterocycles. The minimum absolute atomic E-state index is 0.0967.